The summed E-state index contributed by atoms with van der Waals surface area (Å²) >= 11 is 0. The largest absolute Gasteiger partial charge is 0.342 e. The molecule has 0 radical (unpaired) electrons. The fraction of sp³-hybridized carbons (Fsp3) is 0.875. The van der Waals surface area contributed by atoms with Crippen LogP contribution in [0.5, 0.6) is 0 Å². The first-order valence-electron chi connectivity index (χ1n) is 8.25. The summed E-state index contributed by atoms with van der Waals surface area (Å²) in [7, 11) is 0. The van der Waals surface area contributed by atoms with E-state index in [4.69, 9.17) is 0 Å². The fourth-order valence-electron chi connectivity index (χ4n) is 3.60. The summed E-state index contributed by atoms with van der Waals surface area (Å²) in [5.41, 5.74) is 0. The van der Waals surface area contributed by atoms with Crippen LogP contribution in [-0.2, 0) is 9.59 Å². The quantitative estimate of drug-likeness (QED) is 0.749. The third-order valence-electron chi connectivity index (χ3n) is 4.57. The summed E-state index contributed by atoms with van der Waals surface area (Å²) in [6, 6.07) is 0.408. The molecule has 0 aromatic heterocycles. The van der Waals surface area contributed by atoms with Crippen LogP contribution < -0.4 is 0 Å². The van der Waals surface area contributed by atoms with Gasteiger partial charge in [0.25, 0.3) is 0 Å². The summed E-state index contributed by atoms with van der Waals surface area (Å²) in [5.74, 6) is 0.298. The minimum atomic E-state index is -0.0961. The standard InChI is InChI=1S/C16H28N2O2/c1-3-9-17(10-4-2)16(20)13-11-15(19)18(12-13)14-7-5-6-8-14/h13-14H,3-12H2,1-2H3/t13-/m1/s1. The lowest BCUT2D eigenvalue weighted by Gasteiger charge is -2.26. The second kappa shape index (κ2) is 7.09. The number of nitrogens with zero attached hydrogens (tertiary/aromatic N) is 2. The number of rotatable bonds is 6. The molecule has 1 saturated heterocycles. The van der Waals surface area contributed by atoms with Crippen molar-refractivity contribution in [2.24, 2.45) is 5.92 Å². The van der Waals surface area contributed by atoms with Crippen molar-refractivity contribution in [3.63, 3.8) is 0 Å². The molecule has 20 heavy (non-hydrogen) atoms. The molecule has 0 unspecified atom stereocenters. The third-order valence-corrected chi connectivity index (χ3v) is 4.57. The molecular formula is C16H28N2O2. The Kier molecular flexibility index (Phi) is 5.44. The zero-order valence-electron chi connectivity index (χ0n) is 12.9. The van der Waals surface area contributed by atoms with Crippen molar-refractivity contribution in [2.75, 3.05) is 19.6 Å². The van der Waals surface area contributed by atoms with E-state index < -0.39 is 0 Å². The van der Waals surface area contributed by atoms with Crippen molar-refractivity contribution in [2.45, 2.75) is 64.8 Å². The van der Waals surface area contributed by atoms with Crippen molar-refractivity contribution in [3.8, 4) is 0 Å². The van der Waals surface area contributed by atoms with E-state index in [1.807, 2.05) is 9.80 Å². The van der Waals surface area contributed by atoms with E-state index in [0.717, 1.165) is 38.8 Å². The third kappa shape index (κ3) is 3.33. The first kappa shape index (κ1) is 15.3. The Balaban J connectivity index is 1.95. The number of likely N-dealkylation sites (tertiary alicyclic amines) is 1. The Morgan fingerprint density at radius 1 is 1.20 bits per heavy atom. The van der Waals surface area contributed by atoms with Gasteiger partial charge in [-0.25, -0.2) is 0 Å². The molecule has 2 aliphatic rings. The number of hydrogen-bond donors (Lipinski definition) is 0. The molecule has 1 aliphatic heterocycles. The van der Waals surface area contributed by atoms with E-state index in [1.54, 1.807) is 0 Å². The first-order valence-corrected chi connectivity index (χ1v) is 8.25. The van der Waals surface area contributed by atoms with Crippen LogP contribution in [0.25, 0.3) is 0 Å². The van der Waals surface area contributed by atoms with Gasteiger partial charge in [0.15, 0.2) is 0 Å². The zero-order valence-corrected chi connectivity index (χ0v) is 12.9. The maximum absolute atomic E-state index is 12.6. The Hall–Kier alpha value is -1.06. The Morgan fingerprint density at radius 3 is 2.35 bits per heavy atom. The lowest BCUT2D eigenvalue weighted by molar-refractivity contribution is -0.136. The summed E-state index contributed by atoms with van der Waals surface area (Å²) < 4.78 is 0. The van der Waals surface area contributed by atoms with Gasteiger partial charge >= 0.3 is 0 Å². The highest BCUT2D eigenvalue weighted by atomic mass is 16.2. The van der Waals surface area contributed by atoms with Crippen LogP contribution >= 0.6 is 0 Å². The van der Waals surface area contributed by atoms with E-state index in [0.29, 0.717) is 19.0 Å². The molecule has 0 bridgehead atoms. The molecule has 0 N–H and O–H groups in total. The van der Waals surface area contributed by atoms with Gasteiger partial charge in [-0.3, -0.25) is 9.59 Å². The summed E-state index contributed by atoms with van der Waals surface area (Å²) in [4.78, 5) is 28.7. The maximum atomic E-state index is 12.6. The molecule has 4 nitrogen and oxygen atoms in total. The van der Waals surface area contributed by atoms with E-state index in [-0.39, 0.29) is 17.7 Å². The van der Waals surface area contributed by atoms with Crippen LogP contribution in [0.15, 0.2) is 0 Å². The predicted octanol–water partition coefficient (Wildman–Crippen LogP) is 2.43. The second-order valence-corrected chi connectivity index (χ2v) is 6.21. The van der Waals surface area contributed by atoms with Crippen molar-refractivity contribution < 1.29 is 9.59 Å². The number of carbonyl (C=O) groups is 2. The topological polar surface area (TPSA) is 40.6 Å². The van der Waals surface area contributed by atoms with Crippen molar-refractivity contribution in [1.82, 2.24) is 9.80 Å². The molecule has 0 spiro atoms. The van der Waals surface area contributed by atoms with E-state index in [1.165, 1.54) is 12.8 Å². The van der Waals surface area contributed by atoms with Gasteiger partial charge in [0, 0.05) is 32.1 Å². The molecular weight excluding hydrogens is 252 g/mol. The average Bonchev–Trinajstić information content (AvgIpc) is 3.06. The normalized spacial score (nSPS) is 23.6. The van der Waals surface area contributed by atoms with Gasteiger partial charge in [-0.2, -0.15) is 0 Å². The molecule has 4 heteroatoms. The molecule has 114 valence electrons. The molecule has 1 heterocycles. The molecule has 2 fully saturated rings. The lowest BCUT2D eigenvalue weighted by Crippen LogP contribution is -2.39. The van der Waals surface area contributed by atoms with Crippen LogP contribution in [0.1, 0.15) is 58.8 Å². The van der Waals surface area contributed by atoms with Crippen molar-refractivity contribution >= 4 is 11.8 Å². The minimum absolute atomic E-state index is 0.0961. The van der Waals surface area contributed by atoms with Gasteiger partial charge in [0.2, 0.25) is 11.8 Å². The smallest absolute Gasteiger partial charge is 0.227 e. The second-order valence-electron chi connectivity index (χ2n) is 6.21. The van der Waals surface area contributed by atoms with Gasteiger partial charge in [0.1, 0.15) is 0 Å². The molecule has 1 atom stereocenters. The average molecular weight is 280 g/mol. The Morgan fingerprint density at radius 2 is 1.80 bits per heavy atom. The zero-order chi connectivity index (χ0) is 14.5. The maximum Gasteiger partial charge on any atom is 0.227 e. The molecule has 1 saturated carbocycles. The molecule has 0 aromatic rings. The van der Waals surface area contributed by atoms with Crippen LogP contribution in [0.3, 0.4) is 0 Å². The number of amides is 2. The highest BCUT2D eigenvalue weighted by Crippen LogP contribution is 2.30. The van der Waals surface area contributed by atoms with Crippen LogP contribution in [0.2, 0.25) is 0 Å². The van der Waals surface area contributed by atoms with Crippen LogP contribution in [-0.4, -0.2) is 47.3 Å². The minimum Gasteiger partial charge on any atom is -0.342 e. The van der Waals surface area contributed by atoms with E-state index in [2.05, 4.69) is 13.8 Å². The summed E-state index contributed by atoms with van der Waals surface area (Å²) in [6.07, 6.45) is 7.10. The summed E-state index contributed by atoms with van der Waals surface area (Å²) in [6.45, 7) is 6.50. The summed E-state index contributed by atoms with van der Waals surface area (Å²) in [5, 5.41) is 0. The molecule has 2 rings (SSSR count). The van der Waals surface area contributed by atoms with Crippen LogP contribution in [0.4, 0.5) is 0 Å². The molecule has 2 amide bonds. The van der Waals surface area contributed by atoms with Gasteiger partial charge in [-0.15, -0.1) is 0 Å². The Labute approximate surface area is 122 Å². The van der Waals surface area contributed by atoms with Gasteiger partial charge in [0.05, 0.1) is 5.92 Å². The first-order chi connectivity index (χ1) is 9.67. The highest BCUT2D eigenvalue weighted by molar-refractivity contribution is 5.89. The molecule has 0 aromatic carbocycles. The van der Waals surface area contributed by atoms with Gasteiger partial charge in [-0.1, -0.05) is 26.7 Å². The van der Waals surface area contributed by atoms with Crippen molar-refractivity contribution in [3.05, 3.63) is 0 Å². The van der Waals surface area contributed by atoms with E-state index in [9.17, 15) is 9.59 Å². The monoisotopic (exact) mass is 280 g/mol. The van der Waals surface area contributed by atoms with E-state index >= 15 is 0 Å². The van der Waals surface area contributed by atoms with Gasteiger partial charge in [-0.05, 0) is 25.7 Å². The Bertz CT molecular complexity index is 344. The number of hydrogen-bond acceptors (Lipinski definition) is 2. The number of carbonyl (C=O) groups excluding carboxylic acids is 2. The lowest BCUT2D eigenvalue weighted by atomic mass is 10.1. The highest BCUT2D eigenvalue weighted by Gasteiger charge is 2.39. The fourth-order valence-corrected chi connectivity index (χ4v) is 3.60. The van der Waals surface area contributed by atoms with Crippen LogP contribution in [0, 0.1) is 5.92 Å². The SMILES string of the molecule is CCCN(CCC)C(=O)[C@@H]1CC(=O)N(C2CCCC2)C1. The van der Waals surface area contributed by atoms with Gasteiger partial charge < -0.3 is 9.80 Å². The van der Waals surface area contributed by atoms with Crippen molar-refractivity contribution in [1.29, 1.82) is 0 Å². The predicted molar refractivity (Wildman–Crippen MR) is 79.2 cm³/mol. The molecule has 1 aliphatic carbocycles.